The largest absolute Gasteiger partial charge is 0.355 e. The van der Waals surface area contributed by atoms with Crippen molar-refractivity contribution in [1.82, 2.24) is 4.98 Å². The highest BCUT2D eigenvalue weighted by molar-refractivity contribution is 6.07. The molecule has 0 bridgehead atoms. The van der Waals surface area contributed by atoms with Gasteiger partial charge in [0.15, 0.2) is 0 Å². The molecule has 0 unspecified atom stereocenters. The zero-order chi connectivity index (χ0) is 11.8. The van der Waals surface area contributed by atoms with E-state index in [9.17, 15) is 10.1 Å². The molecule has 0 aliphatic carbocycles. The third kappa shape index (κ3) is 1.63. The molecule has 1 N–H and O–H groups in total. The van der Waals surface area contributed by atoms with E-state index in [1.165, 1.54) is 0 Å². The van der Waals surface area contributed by atoms with Crippen molar-refractivity contribution in [3.63, 3.8) is 0 Å². The van der Waals surface area contributed by atoms with Gasteiger partial charge in [-0.3, -0.25) is 10.1 Å². The molecule has 4 heteroatoms. The Labute approximate surface area is 97.0 Å². The molecule has 0 radical (unpaired) electrons. The van der Waals surface area contributed by atoms with Gasteiger partial charge in [0, 0.05) is 32.3 Å². The van der Waals surface area contributed by atoms with E-state index >= 15 is 0 Å². The summed E-state index contributed by atoms with van der Waals surface area (Å²) in [5.74, 6) is 0. The fourth-order valence-corrected chi connectivity index (χ4v) is 2.14. The molecule has 1 aromatic heterocycles. The van der Waals surface area contributed by atoms with Gasteiger partial charge in [0.25, 0.3) is 0 Å². The van der Waals surface area contributed by atoms with Gasteiger partial charge in [0.2, 0.25) is 6.54 Å². The van der Waals surface area contributed by atoms with Crippen LogP contribution in [0.5, 0.6) is 0 Å². The Morgan fingerprint density at radius 3 is 2.65 bits per heavy atom. The summed E-state index contributed by atoms with van der Waals surface area (Å²) in [5, 5.41) is 12.7. The SMILES string of the molecule is O=[N+]([O-])Cc1ccc2[nH]c3ccccc3c2c1. The molecular formula is C13H10N2O2. The molecule has 2 aromatic carbocycles. The van der Waals surface area contributed by atoms with E-state index in [1.807, 2.05) is 36.4 Å². The molecule has 84 valence electrons. The molecule has 0 aliphatic rings. The molecule has 4 nitrogen and oxygen atoms in total. The topological polar surface area (TPSA) is 58.9 Å². The number of aromatic nitrogens is 1. The van der Waals surface area contributed by atoms with Crippen molar-refractivity contribution < 1.29 is 4.92 Å². The zero-order valence-electron chi connectivity index (χ0n) is 9.01. The Balaban J connectivity index is 2.26. The van der Waals surface area contributed by atoms with Crippen molar-refractivity contribution in [3.8, 4) is 0 Å². The summed E-state index contributed by atoms with van der Waals surface area (Å²) in [6.07, 6.45) is 0. The van der Waals surface area contributed by atoms with Crippen LogP contribution in [0, 0.1) is 10.1 Å². The van der Waals surface area contributed by atoms with E-state index in [2.05, 4.69) is 4.98 Å². The van der Waals surface area contributed by atoms with Gasteiger partial charge in [0.05, 0.1) is 0 Å². The van der Waals surface area contributed by atoms with Crippen LogP contribution >= 0.6 is 0 Å². The van der Waals surface area contributed by atoms with Gasteiger partial charge >= 0.3 is 0 Å². The van der Waals surface area contributed by atoms with E-state index in [4.69, 9.17) is 0 Å². The highest BCUT2D eigenvalue weighted by Gasteiger charge is 2.07. The Kier molecular flexibility index (Phi) is 2.08. The molecule has 3 rings (SSSR count). The monoisotopic (exact) mass is 226 g/mol. The summed E-state index contributed by atoms with van der Waals surface area (Å²) >= 11 is 0. The number of benzene rings is 2. The Hall–Kier alpha value is -2.36. The summed E-state index contributed by atoms with van der Waals surface area (Å²) in [6.45, 7) is -0.130. The lowest BCUT2D eigenvalue weighted by molar-refractivity contribution is -0.496. The number of hydrogen-bond donors (Lipinski definition) is 1. The summed E-state index contributed by atoms with van der Waals surface area (Å²) in [5.41, 5.74) is 2.80. The second kappa shape index (κ2) is 3.59. The van der Waals surface area contributed by atoms with Crippen molar-refractivity contribution in [2.45, 2.75) is 6.54 Å². The predicted molar refractivity (Wildman–Crippen MR) is 66.5 cm³/mol. The van der Waals surface area contributed by atoms with Crippen molar-refractivity contribution in [3.05, 3.63) is 58.1 Å². The first-order valence-corrected chi connectivity index (χ1v) is 5.35. The summed E-state index contributed by atoms with van der Waals surface area (Å²) in [7, 11) is 0. The van der Waals surface area contributed by atoms with Gasteiger partial charge in [-0.2, -0.15) is 0 Å². The quantitative estimate of drug-likeness (QED) is 0.539. The molecule has 17 heavy (non-hydrogen) atoms. The number of nitro groups is 1. The average Bonchev–Trinajstić information content (AvgIpc) is 2.66. The van der Waals surface area contributed by atoms with Crippen LogP contribution in [-0.2, 0) is 6.54 Å². The molecule has 0 aliphatic heterocycles. The molecular weight excluding hydrogens is 216 g/mol. The van der Waals surface area contributed by atoms with E-state index in [0.717, 1.165) is 27.4 Å². The third-order valence-electron chi connectivity index (χ3n) is 2.88. The molecule has 0 atom stereocenters. The van der Waals surface area contributed by atoms with E-state index in [-0.39, 0.29) is 11.5 Å². The maximum Gasteiger partial charge on any atom is 0.228 e. The van der Waals surface area contributed by atoms with E-state index in [1.54, 1.807) is 6.07 Å². The van der Waals surface area contributed by atoms with Crippen LogP contribution < -0.4 is 0 Å². The summed E-state index contributed by atoms with van der Waals surface area (Å²) < 4.78 is 0. The Morgan fingerprint density at radius 1 is 1.06 bits per heavy atom. The summed E-state index contributed by atoms with van der Waals surface area (Å²) in [4.78, 5) is 13.5. The fraction of sp³-hybridized carbons (Fsp3) is 0.0769. The molecule has 3 aromatic rings. The minimum atomic E-state index is -0.310. The molecule has 0 saturated heterocycles. The molecule has 1 heterocycles. The van der Waals surface area contributed by atoms with Crippen LogP contribution in [0.2, 0.25) is 0 Å². The van der Waals surface area contributed by atoms with Crippen LogP contribution in [0.4, 0.5) is 0 Å². The zero-order valence-corrected chi connectivity index (χ0v) is 9.01. The van der Waals surface area contributed by atoms with E-state index < -0.39 is 0 Å². The van der Waals surface area contributed by atoms with Crippen LogP contribution in [0.1, 0.15) is 5.56 Å². The first kappa shape index (κ1) is 9.84. The normalized spacial score (nSPS) is 11.1. The second-order valence-corrected chi connectivity index (χ2v) is 4.04. The highest BCUT2D eigenvalue weighted by atomic mass is 16.6. The van der Waals surface area contributed by atoms with Crippen LogP contribution in [0.25, 0.3) is 21.8 Å². The predicted octanol–water partition coefficient (Wildman–Crippen LogP) is 3.10. The van der Waals surface area contributed by atoms with Gasteiger partial charge in [-0.05, 0) is 18.2 Å². The maximum atomic E-state index is 10.5. The van der Waals surface area contributed by atoms with E-state index in [0.29, 0.717) is 0 Å². The highest BCUT2D eigenvalue weighted by Crippen LogP contribution is 2.26. The standard InChI is InChI=1S/C13H10N2O2/c16-15(17)8-9-5-6-13-11(7-9)10-3-1-2-4-12(10)14-13/h1-7,14H,8H2. The van der Waals surface area contributed by atoms with Gasteiger partial charge in [0.1, 0.15) is 0 Å². The fourth-order valence-electron chi connectivity index (χ4n) is 2.14. The van der Waals surface area contributed by atoms with Gasteiger partial charge < -0.3 is 4.98 Å². The van der Waals surface area contributed by atoms with Crippen molar-refractivity contribution >= 4 is 21.8 Å². The molecule has 0 spiro atoms. The lowest BCUT2D eigenvalue weighted by Gasteiger charge is -1.96. The second-order valence-electron chi connectivity index (χ2n) is 4.04. The number of H-pyrrole nitrogens is 1. The number of rotatable bonds is 2. The third-order valence-corrected chi connectivity index (χ3v) is 2.88. The van der Waals surface area contributed by atoms with Crippen molar-refractivity contribution in [2.75, 3.05) is 0 Å². The van der Waals surface area contributed by atoms with Gasteiger partial charge in [-0.25, -0.2) is 0 Å². The summed E-state index contributed by atoms with van der Waals surface area (Å²) in [6, 6.07) is 13.5. The molecule has 0 amide bonds. The lowest BCUT2D eigenvalue weighted by atomic mass is 10.1. The number of aromatic amines is 1. The number of nitrogens with one attached hydrogen (secondary N) is 1. The Morgan fingerprint density at radius 2 is 1.82 bits per heavy atom. The molecule has 0 saturated carbocycles. The average molecular weight is 226 g/mol. The number of fused-ring (bicyclic) bond motifs is 3. The van der Waals surface area contributed by atoms with Crippen LogP contribution in [-0.4, -0.2) is 9.91 Å². The lowest BCUT2D eigenvalue weighted by Crippen LogP contribution is -1.97. The number of para-hydroxylation sites is 1. The first-order chi connectivity index (χ1) is 8.24. The smallest absolute Gasteiger partial charge is 0.228 e. The van der Waals surface area contributed by atoms with Crippen LogP contribution in [0.15, 0.2) is 42.5 Å². The number of hydrogen-bond acceptors (Lipinski definition) is 2. The van der Waals surface area contributed by atoms with Gasteiger partial charge in [-0.15, -0.1) is 0 Å². The van der Waals surface area contributed by atoms with Gasteiger partial charge in [-0.1, -0.05) is 24.3 Å². The van der Waals surface area contributed by atoms with Crippen LogP contribution in [0.3, 0.4) is 0 Å². The first-order valence-electron chi connectivity index (χ1n) is 5.35. The minimum Gasteiger partial charge on any atom is -0.355 e. The molecule has 0 fully saturated rings. The van der Waals surface area contributed by atoms with Crippen molar-refractivity contribution in [2.24, 2.45) is 0 Å². The Bertz CT molecular complexity index is 716. The number of nitrogens with zero attached hydrogens (tertiary/aromatic N) is 1. The minimum absolute atomic E-state index is 0.130. The van der Waals surface area contributed by atoms with Crippen molar-refractivity contribution in [1.29, 1.82) is 0 Å². The maximum absolute atomic E-state index is 10.5.